The predicted octanol–water partition coefficient (Wildman–Crippen LogP) is 2.01. The van der Waals surface area contributed by atoms with Crippen LogP contribution in [0.3, 0.4) is 0 Å². The van der Waals surface area contributed by atoms with Gasteiger partial charge in [-0.05, 0) is 25.8 Å². The summed E-state index contributed by atoms with van der Waals surface area (Å²) in [5.41, 5.74) is 2.42. The maximum Gasteiger partial charge on any atom is 0.292 e. The van der Waals surface area contributed by atoms with Gasteiger partial charge in [0.1, 0.15) is 0 Å². The Morgan fingerprint density at radius 2 is 1.94 bits per heavy atom. The molecule has 0 aromatic heterocycles. The van der Waals surface area contributed by atoms with Crippen molar-refractivity contribution < 1.29 is 9.59 Å². The first-order valence-electron chi connectivity index (χ1n) is 5.46. The fraction of sp³-hybridized carbons (Fsp3) is 0.385. The first kappa shape index (κ1) is 12.4. The van der Waals surface area contributed by atoms with Crippen LogP contribution < -0.4 is 5.32 Å². The van der Waals surface area contributed by atoms with E-state index >= 15 is 0 Å². The lowest BCUT2D eigenvalue weighted by Gasteiger charge is -2.06. The monoisotopic (exact) mass is 219 g/mol. The van der Waals surface area contributed by atoms with Gasteiger partial charge in [-0.3, -0.25) is 9.59 Å². The molecular weight excluding hydrogens is 202 g/mol. The smallest absolute Gasteiger partial charge is 0.292 e. The van der Waals surface area contributed by atoms with Gasteiger partial charge in [0.15, 0.2) is 0 Å². The second-order valence-electron chi connectivity index (χ2n) is 3.90. The fourth-order valence-corrected chi connectivity index (χ4v) is 1.51. The number of Topliss-reactive ketones (excluding diaryl/α,β-unsaturated/α-hetero) is 1. The van der Waals surface area contributed by atoms with Gasteiger partial charge in [0.25, 0.3) is 5.91 Å². The van der Waals surface area contributed by atoms with Crippen molar-refractivity contribution >= 4 is 11.7 Å². The summed E-state index contributed by atoms with van der Waals surface area (Å²) in [5.74, 6) is -0.972. The second-order valence-corrected chi connectivity index (χ2v) is 3.90. The second kappa shape index (κ2) is 5.45. The highest BCUT2D eigenvalue weighted by Gasteiger charge is 2.17. The van der Waals surface area contributed by atoms with Crippen LogP contribution in [0.5, 0.6) is 0 Å². The van der Waals surface area contributed by atoms with E-state index in [1.807, 2.05) is 32.9 Å². The fourth-order valence-electron chi connectivity index (χ4n) is 1.51. The summed E-state index contributed by atoms with van der Waals surface area (Å²) in [7, 11) is 0. The van der Waals surface area contributed by atoms with Crippen molar-refractivity contribution in [2.45, 2.75) is 27.2 Å². The number of amides is 1. The van der Waals surface area contributed by atoms with Gasteiger partial charge in [0.2, 0.25) is 5.78 Å². The molecule has 0 atom stereocenters. The summed E-state index contributed by atoms with van der Waals surface area (Å²) in [6.07, 6.45) is 0.825. The zero-order chi connectivity index (χ0) is 12.1. The van der Waals surface area contributed by atoms with Gasteiger partial charge in [-0.25, -0.2) is 0 Å². The van der Waals surface area contributed by atoms with E-state index in [2.05, 4.69) is 5.32 Å². The molecule has 0 radical (unpaired) electrons. The Kier molecular flexibility index (Phi) is 4.23. The van der Waals surface area contributed by atoms with Crippen molar-refractivity contribution in [1.29, 1.82) is 0 Å². The molecule has 0 saturated carbocycles. The van der Waals surface area contributed by atoms with E-state index in [-0.39, 0.29) is 0 Å². The summed E-state index contributed by atoms with van der Waals surface area (Å²) in [6.45, 7) is 6.28. The number of benzene rings is 1. The number of hydrogen-bond acceptors (Lipinski definition) is 2. The van der Waals surface area contributed by atoms with Crippen LogP contribution in [-0.2, 0) is 4.79 Å². The van der Waals surface area contributed by atoms with Crippen LogP contribution in [0.2, 0.25) is 0 Å². The number of nitrogens with one attached hydrogen (secondary N) is 1. The van der Waals surface area contributed by atoms with Crippen molar-refractivity contribution in [3.8, 4) is 0 Å². The molecule has 0 aliphatic carbocycles. The zero-order valence-electron chi connectivity index (χ0n) is 9.96. The molecule has 86 valence electrons. The van der Waals surface area contributed by atoms with Gasteiger partial charge >= 0.3 is 0 Å². The summed E-state index contributed by atoms with van der Waals surface area (Å²) in [5, 5.41) is 2.58. The van der Waals surface area contributed by atoms with Crippen molar-refractivity contribution in [3.63, 3.8) is 0 Å². The molecule has 1 aromatic rings. The van der Waals surface area contributed by atoms with Crippen LogP contribution in [0.25, 0.3) is 0 Å². The molecule has 0 aliphatic rings. The lowest BCUT2D eigenvalue weighted by molar-refractivity contribution is -0.117. The van der Waals surface area contributed by atoms with E-state index < -0.39 is 11.7 Å². The molecule has 1 aromatic carbocycles. The maximum absolute atomic E-state index is 11.8. The maximum atomic E-state index is 11.8. The van der Waals surface area contributed by atoms with E-state index in [4.69, 9.17) is 0 Å². The highest BCUT2D eigenvalue weighted by molar-refractivity contribution is 6.43. The van der Waals surface area contributed by atoms with Gasteiger partial charge in [-0.2, -0.15) is 0 Å². The minimum atomic E-state index is -0.520. The van der Waals surface area contributed by atoms with E-state index in [9.17, 15) is 9.59 Å². The molecule has 0 fully saturated rings. The van der Waals surface area contributed by atoms with Gasteiger partial charge < -0.3 is 5.32 Å². The van der Waals surface area contributed by atoms with E-state index in [0.29, 0.717) is 12.1 Å². The number of carbonyl (C=O) groups excluding carboxylic acids is 2. The number of ketones is 1. The number of aryl methyl sites for hydroxylation is 2. The molecule has 3 nitrogen and oxygen atoms in total. The highest BCUT2D eigenvalue weighted by Crippen LogP contribution is 2.11. The van der Waals surface area contributed by atoms with Gasteiger partial charge in [0.05, 0.1) is 0 Å². The average Bonchev–Trinajstić information content (AvgIpc) is 2.25. The van der Waals surface area contributed by atoms with Gasteiger partial charge in [0, 0.05) is 12.1 Å². The molecule has 0 saturated heterocycles. The summed E-state index contributed by atoms with van der Waals surface area (Å²) in [4.78, 5) is 23.2. The Labute approximate surface area is 95.9 Å². The quantitative estimate of drug-likeness (QED) is 0.622. The molecule has 16 heavy (non-hydrogen) atoms. The van der Waals surface area contributed by atoms with E-state index in [1.165, 1.54) is 0 Å². The Bertz CT molecular complexity index is 410. The van der Waals surface area contributed by atoms with E-state index in [0.717, 1.165) is 17.5 Å². The summed E-state index contributed by atoms with van der Waals surface area (Å²) in [6, 6.07) is 5.45. The largest absolute Gasteiger partial charge is 0.349 e. The minimum absolute atomic E-state index is 0.453. The third kappa shape index (κ3) is 2.92. The van der Waals surface area contributed by atoms with Crippen LogP contribution >= 0.6 is 0 Å². The number of carbonyl (C=O) groups is 2. The molecule has 0 spiro atoms. The molecule has 0 heterocycles. The van der Waals surface area contributed by atoms with E-state index in [1.54, 1.807) is 6.07 Å². The zero-order valence-corrected chi connectivity index (χ0v) is 9.96. The standard InChI is InChI=1S/C13H17NO2/c1-4-7-14-13(16)12(15)11-6-5-9(2)8-10(11)3/h5-6,8H,4,7H2,1-3H3,(H,14,16). The van der Waals surface area contributed by atoms with Gasteiger partial charge in [-0.15, -0.1) is 0 Å². The Balaban J connectivity index is 2.84. The molecule has 3 heteroatoms. The van der Waals surface area contributed by atoms with Crippen molar-refractivity contribution in [3.05, 3.63) is 34.9 Å². The van der Waals surface area contributed by atoms with Crippen molar-refractivity contribution in [2.75, 3.05) is 6.54 Å². The van der Waals surface area contributed by atoms with Crippen molar-refractivity contribution in [2.24, 2.45) is 0 Å². The van der Waals surface area contributed by atoms with Crippen LogP contribution in [-0.4, -0.2) is 18.2 Å². The Hall–Kier alpha value is -1.64. The third-order valence-corrected chi connectivity index (χ3v) is 2.37. The molecule has 0 unspecified atom stereocenters. The van der Waals surface area contributed by atoms with Crippen LogP contribution in [0.15, 0.2) is 18.2 Å². The number of rotatable bonds is 4. The normalized spacial score (nSPS) is 9.94. The Morgan fingerprint density at radius 3 is 2.50 bits per heavy atom. The SMILES string of the molecule is CCCNC(=O)C(=O)c1ccc(C)cc1C. The highest BCUT2D eigenvalue weighted by atomic mass is 16.2. The van der Waals surface area contributed by atoms with Crippen LogP contribution in [0.4, 0.5) is 0 Å². The molecule has 0 bridgehead atoms. The van der Waals surface area contributed by atoms with Crippen LogP contribution in [0, 0.1) is 13.8 Å². The first-order chi connectivity index (χ1) is 7.56. The van der Waals surface area contributed by atoms with Crippen LogP contribution in [0.1, 0.15) is 34.8 Å². The molecule has 1 amide bonds. The first-order valence-corrected chi connectivity index (χ1v) is 5.46. The lowest BCUT2D eigenvalue weighted by atomic mass is 10.0. The predicted molar refractivity (Wildman–Crippen MR) is 63.5 cm³/mol. The minimum Gasteiger partial charge on any atom is -0.349 e. The van der Waals surface area contributed by atoms with Gasteiger partial charge in [-0.1, -0.05) is 30.7 Å². The van der Waals surface area contributed by atoms with Crippen molar-refractivity contribution in [1.82, 2.24) is 5.32 Å². The summed E-state index contributed by atoms with van der Waals surface area (Å²) < 4.78 is 0. The summed E-state index contributed by atoms with van der Waals surface area (Å²) >= 11 is 0. The lowest BCUT2D eigenvalue weighted by Crippen LogP contribution is -2.31. The number of hydrogen-bond donors (Lipinski definition) is 1. The Morgan fingerprint density at radius 1 is 1.25 bits per heavy atom. The molecule has 1 rings (SSSR count). The molecular formula is C13H17NO2. The molecule has 1 N–H and O–H groups in total. The molecule has 0 aliphatic heterocycles. The third-order valence-electron chi connectivity index (χ3n) is 2.37. The topological polar surface area (TPSA) is 46.2 Å². The average molecular weight is 219 g/mol.